The van der Waals surface area contributed by atoms with Crippen LogP contribution in [0.4, 0.5) is 0 Å². The molecule has 4 rings (SSSR count). The average molecular weight is 555 g/mol. The Kier molecular flexibility index (Phi) is 7.78. The van der Waals surface area contributed by atoms with E-state index < -0.39 is 16.1 Å². The molecule has 1 heterocycles. The molecule has 7 nitrogen and oxygen atoms in total. The zero-order chi connectivity index (χ0) is 25.2. The molecule has 2 N–H and O–H groups in total. The first-order chi connectivity index (χ1) is 16.7. The van der Waals surface area contributed by atoms with Gasteiger partial charge in [-0.2, -0.15) is 9.82 Å². The number of benzene rings is 3. The minimum Gasteiger partial charge on any atom is -0.497 e. The number of rotatable bonds is 8. The summed E-state index contributed by atoms with van der Waals surface area (Å²) in [5.41, 5.74) is 5.12. The fourth-order valence-electron chi connectivity index (χ4n) is 3.79. The summed E-state index contributed by atoms with van der Waals surface area (Å²) in [5.74, 6) is 0.541. The first kappa shape index (κ1) is 25.6. The van der Waals surface area contributed by atoms with Crippen molar-refractivity contribution < 1.29 is 17.9 Å². The molecule has 0 bridgehead atoms. The van der Waals surface area contributed by atoms with E-state index in [1.165, 1.54) is 26.4 Å². The second kappa shape index (κ2) is 10.6. The van der Waals surface area contributed by atoms with Crippen LogP contribution in [0, 0.1) is 0 Å². The third kappa shape index (κ3) is 5.68. The van der Waals surface area contributed by atoms with E-state index in [9.17, 15) is 8.42 Å². The standard InChI is InChI=1S/C24H22Cl3N3O4S/c1-33-17-8-10-22(34-2)23(12-17)35(31,32)30-24(18-9-7-16(26)11-19(18)27)21-13-20(28-29-21)14-3-5-15(25)6-4-14/h3-12,20,24,28,30H,13H2,1-2H3. The van der Waals surface area contributed by atoms with Crippen LogP contribution in [0.5, 0.6) is 11.5 Å². The molecule has 1 aliphatic heterocycles. The fourth-order valence-corrected chi connectivity index (χ4v) is 5.82. The molecular formula is C24H22Cl3N3O4S. The van der Waals surface area contributed by atoms with Gasteiger partial charge in [-0.1, -0.05) is 53.0 Å². The fraction of sp³-hybridized carbons (Fsp3) is 0.208. The lowest BCUT2D eigenvalue weighted by Crippen LogP contribution is -2.34. The average Bonchev–Trinajstić information content (AvgIpc) is 3.33. The first-order valence-electron chi connectivity index (χ1n) is 10.5. The molecule has 0 aromatic heterocycles. The highest BCUT2D eigenvalue weighted by Crippen LogP contribution is 2.35. The van der Waals surface area contributed by atoms with Gasteiger partial charge in [0.15, 0.2) is 0 Å². The second-order valence-electron chi connectivity index (χ2n) is 7.78. The van der Waals surface area contributed by atoms with Crippen LogP contribution in [0.15, 0.2) is 70.7 Å². The Balaban J connectivity index is 1.72. The van der Waals surface area contributed by atoms with Crippen LogP contribution in [0.3, 0.4) is 0 Å². The molecule has 0 saturated carbocycles. The summed E-state index contributed by atoms with van der Waals surface area (Å²) in [6, 6.07) is 15.8. The Bertz CT molecular complexity index is 1360. The van der Waals surface area contributed by atoms with E-state index in [2.05, 4.69) is 15.2 Å². The summed E-state index contributed by atoms with van der Waals surface area (Å²) in [5, 5.41) is 5.83. The number of nitrogens with one attached hydrogen (secondary N) is 2. The second-order valence-corrected chi connectivity index (χ2v) is 10.7. The predicted molar refractivity (Wildman–Crippen MR) is 138 cm³/mol. The monoisotopic (exact) mass is 553 g/mol. The van der Waals surface area contributed by atoms with E-state index in [4.69, 9.17) is 44.3 Å². The van der Waals surface area contributed by atoms with Gasteiger partial charge in [0.05, 0.1) is 32.0 Å². The summed E-state index contributed by atoms with van der Waals surface area (Å²) in [7, 11) is -1.25. The molecule has 0 amide bonds. The van der Waals surface area contributed by atoms with Crippen molar-refractivity contribution in [1.82, 2.24) is 10.1 Å². The van der Waals surface area contributed by atoms with E-state index in [1.54, 1.807) is 36.4 Å². The smallest absolute Gasteiger partial charge is 0.245 e. The number of halogens is 3. The zero-order valence-corrected chi connectivity index (χ0v) is 21.8. The van der Waals surface area contributed by atoms with E-state index in [0.29, 0.717) is 38.5 Å². The van der Waals surface area contributed by atoms with E-state index in [0.717, 1.165) is 5.56 Å². The van der Waals surface area contributed by atoms with Gasteiger partial charge in [0, 0.05) is 27.6 Å². The Labute approximate surface area is 219 Å². The topological polar surface area (TPSA) is 89.0 Å². The third-order valence-corrected chi connectivity index (χ3v) is 7.85. The summed E-state index contributed by atoms with van der Waals surface area (Å²) >= 11 is 18.6. The van der Waals surface area contributed by atoms with Crippen LogP contribution >= 0.6 is 34.8 Å². The van der Waals surface area contributed by atoms with Crippen LogP contribution in [0.2, 0.25) is 15.1 Å². The van der Waals surface area contributed by atoms with Crippen molar-refractivity contribution in [2.45, 2.75) is 23.4 Å². The van der Waals surface area contributed by atoms with Crippen LogP contribution in [-0.2, 0) is 10.0 Å². The van der Waals surface area contributed by atoms with Crippen LogP contribution < -0.4 is 19.6 Å². The van der Waals surface area contributed by atoms with Crippen molar-refractivity contribution in [3.63, 3.8) is 0 Å². The van der Waals surface area contributed by atoms with Crippen molar-refractivity contribution >= 4 is 50.5 Å². The van der Waals surface area contributed by atoms with E-state index >= 15 is 0 Å². The largest absolute Gasteiger partial charge is 0.497 e. The highest BCUT2D eigenvalue weighted by molar-refractivity contribution is 7.89. The molecule has 2 atom stereocenters. The molecule has 1 aliphatic rings. The highest BCUT2D eigenvalue weighted by Gasteiger charge is 2.33. The van der Waals surface area contributed by atoms with E-state index in [-0.39, 0.29) is 16.7 Å². The molecule has 3 aromatic rings. The number of hydrazone groups is 1. The van der Waals surface area contributed by atoms with Gasteiger partial charge in [0.1, 0.15) is 16.4 Å². The van der Waals surface area contributed by atoms with Crippen LogP contribution in [0.1, 0.15) is 29.6 Å². The van der Waals surface area contributed by atoms with E-state index in [1.807, 2.05) is 12.1 Å². The molecule has 2 unspecified atom stereocenters. The Morgan fingerprint density at radius 1 is 0.971 bits per heavy atom. The van der Waals surface area contributed by atoms with Gasteiger partial charge in [-0.15, -0.1) is 0 Å². The molecule has 0 fully saturated rings. The molecule has 11 heteroatoms. The zero-order valence-electron chi connectivity index (χ0n) is 18.8. The number of hydrogen-bond donors (Lipinski definition) is 2. The molecule has 0 spiro atoms. The summed E-state index contributed by atoms with van der Waals surface area (Å²) in [6.07, 6.45) is 0.434. The minimum absolute atomic E-state index is 0.0738. The maximum Gasteiger partial charge on any atom is 0.245 e. The van der Waals surface area contributed by atoms with Crippen molar-refractivity contribution in [2.24, 2.45) is 5.10 Å². The molecular weight excluding hydrogens is 533 g/mol. The van der Waals surface area contributed by atoms with Crippen molar-refractivity contribution in [3.05, 3.63) is 86.9 Å². The van der Waals surface area contributed by atoms with Crippen molar-refractivity contribution in [1.29, 1.82) is 0 Å². The number of methoxy groups -OCH3 is 2. The number of ether oxygens (including phenoxy) is 2. The number of sulfonamides is 1. The SMILES string of the molecule is COc1ccc(OC)c(S(=O)(=O)NC(C2=NNC(c3ccc(Cl)cc3)C2)c2ccc(Cl)cc2Cl)c1. The number of nitrogens with zero attached hydrogens (tertiary/aromatic N) is 1. The van der Waals surface area contributed by atoms with Gasteiger partial charge < -0.3 is 14.9 Å². The summed E-state index contributed by atoms with van der Waals surface area (Å²) < 4.78 is 40.4. The number of hydrogen-bond acceptors (Lipinski definition) is 6. The van der Waals surface area contributed by atoms with Crippen LogP contribution in [0.25, 0.3) is 0 Å². The highest BCUT2D eigenvalue weighted by atomic mass is 35.5. The lowest BCUT2D eigenvalue weighted by molar-refractivity contribution is 0.392. The lowest BCUT2D eigenvalue weighted by atomic mass is 9.96. The van der Waals surface area contributed by atoms with Gasteiger partial charge in [-0.25, -0.2) is 8.42 Å². The molecule has 3 aromatic carbocycles. The quantitative estimate of drug-likeness (QED) is 0.369. The van der Waals surface area contributed by atoms with Gasteiger partial charge in [0.2, 0.25) is 10.0 Å². The van der Waals surface area contributed by atoms with Gasteiger partial charge in [-0.3, -0.25) is 0 Å². The van der Waals surface area contributed by atoms with Gasteiger partial charge >= 0.3 is 0 Å². The Hall–Kier alpha value is -2.49. The molecule has 35 heavy (non-hydrogen) atoms. The predicted octanol–water partition coefficient (Wildman–Crippen LogP) is 5.77. The van der Waals surface area contributed by atoms with Gasteiger partial charge in [-0.05, 0) is 47.5 Å². The molecule has 0 saturated heterocycles. The van der Waals surface area contributed by atoms with Crippen molar-refractivity contribution in [2.75, 3.05) is 14.2 Å². The first-order valence-corrected chi connectivity index (χ1v) is 13.1. The van der Waals surface area contributed by atoms with Crippen molar-refractivity contribution in [3.8, 4) is 11.5 Å². The third-order valence-electron chi connectivity index (χ3n) is 5.59. The maximum atomic E-state index is 13.6. The summed E-state index contributed by atoms with van der Waals surface area (Å²) in [6.45, 7) is 0. The Morgan fingerprint density at radius 3 is 2.34 bits per heavy atom. The van der Waals surface area contributed by atoms with Gasteiger partial charge in [0.25, 0.3) is 0 Å². The molecule has 184 valence electrons. The van der Waals surface area contributed by atoms with Crippen LogP contribution in [-0.4, -0.2) is 28.3 Å². The lowest BCUT2D eigenvalue weighted by Gasteiger charge is -2.22. The maximum absolute atomic E-state index is 13.6. The molecule has 0 radical (unpaired) electrons. The molecule has 0 aliphatic carbocycles. The minimum atomic E-state index is -4.11. The normalized spacial score (nSPS) is 16.4. The Morgan fingerprint density at radius 2 is 1.69 bits per heavy atom. The summed E-state index contributed by atoms with van der Waals surface area (Å²) in [4.78, 5) is -0.0738.